The largest absolute Gasteiger partial charge is 0.287 e. The molecule has 1 nitrogen and oxygen atoms in total. The summed E-state index contributed by atoms with van der Waals surface area (Å²) in [6, 6.07) is 23.6. The van der Waals surface area contributed by atoms with Crippen molar-refractivity contribution in [2.45, 2.75) is 0 Å². The van der Waals surface area contributed by atoms with E-state index in [0.29, 0.717) is 0 Å². The minimum atomic E-state index is 0.999. The maximum Gasteiger partial charge on any atom is 0.0685 e. The van der Waals surface area contributed by atoms with Gasteiger partial charge in [-0.1, -0.05) is 55.1 Å². The predicted molar refractivity (Wildman–Crippen MR) is 122 cm³/mol. The van der Waals surface area contributed by atoms with Gasteiger partial charge in [-0.05, 0) is 18.2 Å². The number of thiophene rings is 2. The van der Waals surface area contributed by atoms with E-state index in [-0.39, 0.29) is 0 Å². The van der Waals surface area contributed by atoms with Crippen LogP contribution in [0.5, 0.6) is 0 Å². The van der Waals surface area contributed by atoms with Gasteiger partial charge in [-0.25, -0.2) is 0 Å². The second kappa shape index (κ2) is 6.38. The van der Waals surface area contributed by atoms with Crippen LogP contribution < -0.4 is 9.75 Å². The van der Waals surface area contributed by atoms with Gasteiger partial charge in [0.25, 0.3) is 0 Å². The van der Waals surface area contributed by atoms with Crippen LogP contribution >= 0.6 is 34.5 Å². The molecular weight excluding hydrogens is 390 g/mol. The number of rotatable bonds is 2. The van der Waals surface area contributed by atoms with E-state index < -0.39 is 0 Å². The third-order valence-corrected chi connectivity index (χ3v) is 7.19. The molecule has 5 aromatic rings. The lowest BCUT2D eigenvalue weighted by Gasteiger charge is -2.15. The fourth-order valence-corrected chi connectivity index (χ4v) is 6.03. The molecule has 0 aliphatic carbocycles. The van der Waals surface area contributed by atoms with Crippen LogP contribution in [0.2, 0.25) is 0 Å². The van der Waals surface area contributed by atoms with Crippen molar-refractivity contribution < 1.29 is 0 Å². The van der Waals surface area contributed by atoms with Crippen molar-refractivity contribution in [1.29, 1.82) is 0 Å². The Labute approximate surface area is 170 Å². The molecule has 27 heavy (non-hydrogen) atoms. The lowest BCUT2D eigenvalue weighted by atomic mass is 10.1. The van der Waals surface area contributed by atoms with E-state index >= 15 is 0 Å². The van der Waals surface area contributed by atoms with Gasteiger partial charge in [0.05, 0.1) is 5.70 Å². The van der Waals surface area contributed by atoms with Gasteiger partial charge in [-0.15, -0.1) is 22.7 Å². The number of fused-ring (bicyclic) bond motifs is 4. The van der Waals surface area contributed by atoms with Gasteiger partial charge in [0.2, 0.25) is 0 Å². The Hall–Kier alpha value is -2.33. The SMILES string of the molecule is C=c1sc2ccccc2/c1=C(\c1ccc2c(c1)sc1ccccc12)N(C)Cl. The highest BCUT2D eigenvalue weighted by Crippen LogP contribution is 2.35. The second-order valence-electron chi connectivity index (χ2n) is 6.53. The fourth-order valence-electron chi connectivity index (χ4n) is 3.71. The highest BCUT2D eigenvalue weighted by atomic mass is 35.5. The van der Waals surface area contributed by atoms with Crippen LogP contribution in [-0.4, -0.2) is 11.5 Å². The normalized spacial score (nSPS) is 12.8. The Morgan fingerprint density at radius 1 is 0.815 bits per heavy atom. The summed E-state index contributed by atoms with van der Waals surface area (Å²) < 4.78 is 6.54. The number of nitrogens with zero attached hydrogens (tertiary/aromatic N) is 1. The van der Waals surface area contributed by atoms with Crippen LogP contribution in [0.4, 0.5) is 0 Å². The molecule has 2 aromatic heterocycles. The van der Waals surface area contributed by atoms with Crippen molar-refractivity contribution in [1.82, 2.24) is 4.42 Å². The molecule has 132 valence electrons. The summed E-state index contributed by atoms with van der Waals surface area (Å²) in [5, 5.41) is 4.92. The summed E-state index contributed by atoms with van der Waals surface area (Å²) in [6.07, 6.45) is 0. The van der Waals surface area contributed by atoms with Crippen LogP contribution in [0.1, 0.15) is 5.56 Å². The minimum absolute atomic E-state index is 0.999. The molecule has 0 amide bonds. The summed E-state index contributed by atoms with van der Waals surface area (Å²) >= 11 is 10.1. The molecular formula is C23H16ClNS2. The third kappa shape index (κ3) is 2.66. The Kier molecular flexibility index (Phi) is 3.97. The maximum atomic E-state index is 6.55. The average Bonchev–Trinajstić information content (AvgIpc) is 3.19. The van der Waals surface area contributed by atoms with Crippen molar-refractivity contribution in [3.05, 3.63) is 82.0 Å². The zero-order chi connectivity index (χ0) is 18.5. The van der Waals surface area contributed by atoms with Crippen molar-refractivity contribution in [3.8, 4) is 0 Å². The van der Waals surface area contributed by atoms with Crippen LogP contribution in [0.15, 0.2) is 66.7 Å². The van der Waals surface area contributed by atoms with E-state index in [1.807, 2.05) is 18.4 Å². The van der Waals surface area contributed by atoms with Gasteiger partial charge >= 0.3 is 0 Å². The smallest absolute Gasteiger partial charge is 0.0685 e. The number of benzene rings is 3. The van der Waals surface area contributed by atoms with Crippen molar-refractivity contribution in [2.24, 2.45) is 0 Å². The third-order valence-electron chi connectivity index (χ3n) is 4.87. The first kappa shape index (κ1) is 16.8. The molecule has 3 aromatic carbocycles. The number of halogens is 1. The molecule has 0 unspecified atom stereocenters. The lowest BCUT2D eigenvalue weighted by Crippen LogP contribution is -2.26. The average molecular weight is 406 g/mol. The maximum absolute atomic E-state index is 6.55. The van der Waals surface area contributed by atoms with Gasteiger partial charge in [-0.3, -0.25) is 4.42 Å². The van der Waals surface area contributed by atoms with Crippen LogP contribution in [-0.2, 0) is 0 Å². The summed E-state index contributed by atoms with van der Waals surface area (Å²) in [5.74, 6) is 0. The van der Waals surface area contributed by atoms with Gasteiger partial charge in [0, 0.05) is 64.4 Å². The van der Waals surface area contributed by atoms with Crippen molar-refractivity contribution >= 4 is 77.0 Å². The standard InChI is InChI=1S/C23H16ClNS2/c1-14-22(18-8-4-6-10-20(18)26-14)23(25(2)24)15-11-12-17-16-7-3-5-9-19(16)27-21(17)13-15/h3-13H,1H2,2H3/b23-22+. The van der Waals surface area contributed by atoms with Crippen molar-refractivity contribution in [3.63, 3.8) is 0 Å². The van der Waals surface area contributed by atoms with E-state index in [9.17, 15) is 0 Å². The van der Waals surface area contributed by atoms with E-state index in [1.54, 1.807) is 15.8 Å². The molecule has 2 heterocycles. The van der Waals surface area contributed by atoms with E-state index in [4.69, 9.17) is 11.8 Å². The van der Waals surface area contributed by atoms with E-state index in [1.165, 1.54) is 30.3 Å². The first-order valence-electron chi connectivity index (χ1n) is 8.65. The molecule has 0 bridgehead atoms. The van der Waals surface area contributed by atoms with Gasteiger partial charge < -0.3 is 0 Å². The second-order valence-corrected chi connectivity index (χ2v) is 9.26. The van der Waals surface area contributed by atoms with Crippen molar-refractivity contribution in [2.75, 3.05) is 7.05 Å². The summed E-state index contributed by atoms with van der Waals surface area (Å²) in [7, 11) is 1.89. The van der Waals surface area contributed by atoms with E-state index in [0.717, 1.165) is 21.0 Å². The van der Waals surface area contributed by atoms with Gasteiger partial charge in [0.15, 0.2) is 0 Å². The Balaban J connectivity index is 1.88. The van der Waals surface area contributed by atoms with E-state index in [2.05, 4.69) is 73.3 Å². The molecule has 0 spiro atoms. The first-order chi connectivity index (χ1) is 13.1. The minimum Gasteiger partial charge on any atom is -0.287 e. The molecule has 5 rings (SSSR count). The van der Waals surface area contributed by atoms with Crippen LogP contribution in [0.3, 0.4) is 0 Å². The topological polar surface area (TPSA) is 3.24 Å². The quantitative estimate of drug-likeness (QED) is 0.329. The number of hydrogen-bond acceptors (Lipinski definition) is 3. The summed E-state index contributed by atoms with van der Waals surface area (Å²) in [6.45, 7) is 4.30. The Bertz CT molecular complexity index is 1430. The van der Waals surface area contributed by atoms with Crippen LogP contribution in [0, 0.1) is 0 Å². The molecule has 4 heteroatoms. The molecule has 0 saturated heterocycles. The fraction of sp³-hybridized carbons (Fsp3) is 0.0435. The molecule has 0 aliphatic heterocycles. The molecule has 0 radical (unpaired) electrons. The van der Waals surface area contributed by atoms with Gasteiger partial charge in [-0.2, -0.15) is 0 Å². The van der Waals surface area contributed by atoms with Crippen LogP contribution in [0.25, 0.3) is 42.5 Å². The highest BCUT2D eigenvalue weighted by Gasteiger charge is 2.13. The van der Waals surface area contributed by atoms with Gasteiger partial charge in [0.1, 0.15) is 0 Å². The molecule has 0 saturated carbocycles. The summed E-state index contributed by atoms with van der Waals surface area (Å²) in [4.78, 5) is 0. The monoisotopic (exact) mass is 405 g/mol. The zero-order valence-corrected chi connectivity index (χ0v) is 17.1. The summed E-state index contributed by atoms with van der Waals surface area (Å²) in [5.41, 5.74) is 2.11. The Morgan fingerprint density at radius 3 is 2.19 bits per heavy atom. The first-order valence-corrected chi connectivity index (χ1v) is 10.6. The number of hydrogen-bond donors (Lipinski definition) is 0. The molecule has 0 aliphatic rings. The molecule has 0 fully saturated rings. The zero-order valence-electron chi connectivity index (χ0n) is 14.7. The molecule has 0 N–H and O–H groups in total. The highest BCUT2D eigenvalue weighted by molar-refractivity contribution is 7.25. The predicted octanol–water partition coefficient (Wildman–Crippen LogP) is 5.92. The Morgan fingerprint density at radius 2 is 1.44 bits per heavy atom. The molecule has 0 atom stereocenters. The lowest BCUT2D eigenvalue weighted by molar-refractivity contribution is 0.778.